The van der Waals surface area contributed by atoms with Gasteiger partial charge in [0.2, 0.25) is 0 Å². The van der Waals surface area contributed by atoms with Gasteiger partial charge in [-0.05, 0) is 39.0 Å². The van der Waals surface area contributed by atoms with Gasteiger partial charge in [0.25, 0.3) is 0 Å². The summed E-state index contributed by atoms with van der Waals surface area (Å²) in [5, 5.41) is 17.8. The monoisotopic (exact) mass is 317 g/mol. The molecule has 0 aliphatic heterocycles. The molecule has 1 saturated carbocycles. The van der Waals surface area contributed by atoms with Gasteiger partial charge >= 0.3 is 6.03 Å². The van der Waals surface area contributed by atoms with E-state index in [1.54, 1.807) is 12.7 Å². The van der Waals surface area contributed by atoms with Crippen LogP contribution in [-0.4, -0.2) is 37.1 Å². The number of carbonyl (C=O) groups is 1. The molecule has 1 atom stereocenters. The summed E-state index contributed by atoms with van der Waals surface area (Å²) in [6.45, 7) is 5.48. The molecule has 3 rings (SSSR count). The summed E-state index contributed by atoms with van der Waals surface area (Å²) in [6, 6.07) is 2.04. The third-order valence-electron chi connectivity index (χ3n) is 4.13. The number of nitrogens with one attached hydrogen (secondary N) is 2. The zero-order chi connectivity index (χ0) is 16.2. The molecule has 2 N–H and O–H groups in total. The van der Waals surface area contributed by atoms with Crippen molar-refractivity contribution in [2.24, 2.45) is 5.92 Å². The van der Waals surface area contributed by atoms with Crippen LogP contribution in [0.1, 0.15) is 37.9 Å². The van der Waals surface area contributed by atoms with Crippen LogP contribution in [-0.2, 0) is 6.54 Å². The molecule has 0 aromatic carbocycles. The van der Waals surface area contributed by atoms with Crippen molar-refractivity contribution in [2.45, 2.75) is 45.7 Å². The maximum atomic E-state index is 12.0. The summed E-state index contributed by atoms with van der Waals surface area (Å²) in [7, 11) is 0. The van der Waals surface area contributed by atoms with Crippen molar-refractivity contribution >= 4 is 11.8 Å². The molecule has 0 unspecified atom stereocenters. The smallest absolute Gasteiger partial charge is 0.320 e. The number of urea groups is 1. The van der Waals surface area contributed by atoms with Crippen molar-refractivity contribution in [3.05, 3.63) is 24.4 Å². The Kier molecular flexibility index (Phi) is 4.59. The SMILES string of the molecule is Cc1cc(NC(=O)NCCCn2cnnc2)n([C@@H](C)C2CC2)n1. The standard InChI is InChI=1S/C15H23N7O/c1-11-8-14(22(20-11)12(2)13-4-5-13)19-15(23)16-6-3-7-21-9-17-18-10-21/h8-10,12-13H,3-7H2,1-2H3,(H2,16,19,23)/t12-/m0/s1. The number of hydrogen-bond donors (Lipinski definition) is 2. The second-order valence-corrected chi connectivity index (χ2v) is 6.13. The van der Waals surface area contributed by atoms with Crippen LogP contribution in [0.15, 0.2) is 18.7 Å². The van der Waals surface area contributed by atoms with Crippen molar-refractivity contribution in [3.63, 3.8) is 0 Å². The van der Waals surface area contributed by atoms with Crippen LogP contribution < -0.4 is 10.6 Å². The molecule has 2 amide bonds. The molecular weight excluding hydrogens is 294 g/mol. The fourth-order valence-electron chi connectivity index (χ4n) is 2.66. The van der Waals surface area contributed by atoms with E-state index in [1.807, 2.05) is 22.2 Å². The highest BCUT2D eigenvalue weighted by Gasteiger charge is 2.31. The Balaban J connectivity index is 1.47. The lowest BCUT2D eigenvalue weighted by Gasteiger charge is -2.15. The van der Waals surface area contributed by atoms with Gasteiger partial charge in [-0.2, -0.15) is 5.10 Å². The van der Waals surface area contributed by atoms with Gasteiger partial charge in [-0.15, -0.1) is 10.2 Å². The number of amides is 2. The lowest BCUT2D eigenvalue weighted by molar-refractivity contribution is 0.251. The van der Waals surface area contributed by atoms with Crippen LogP contribution >= 0.6 is 0 Å². The summed E-state index contributed by atoms with van der Waals surface area (Å²) in [6.07, 6.45) is 6.65. The average molecular weight is 317 g/mol. The number of rotatable bonds is 7. The number of aryl methyl sites for hydroxylation is 2. The highest BCUT2D eigenvalue weighted by atomic mass is 16.2. The molecule has 0 radical (unpaired) electrons. The van der Waals surface area contributed by atoms with Gasteiger partial charge in [-0.1, -0.05) is 0 Å². The topological polar surface area (TPSA) is 89.7 Å². The third-order valence-corrected chi connectivity index (χ3v) is 4.13. The minimum atomic E-state index is -0.196. The average Bonchev–Trinajstić information content (AvgIpc) is 3.12. The van der Waals surface area contributed by atoms with Crippen LogP contribution in [0.25, 0.3) is 0 Å². The minimum absolute atomic E-state index is 0.196. The summed E-state index contributed by atoms with van der Waals surface area (Å²) >= 11 is 0. The fraction of sp³-hybridized carbons (Fsp3) is 0.600. The second kappa shape index (κ2) is 6.80. The lowest BCUT2D eigenvalue weighted by atomic mass is 10.2. The van der Waals surface area contributed by atoms with Crippen molar-refractivity contribution in [3.8, 4) is 0 Å². The zero-order valence-corrected chi connectivity index (χ0v) is 13.6. The first-order valence-corrected chi connectivity index (χ1v) is 8.07. The van der Waals surface area contributed by atoms with Crippen molar-refractivity contribution < 1.29 is 4.79 Å². The normalized spacial score (nSPS) is 15.4. The lowest BCUT2D eigenvalue weighted by Crippen LogP contribution is -2.31. The molecule has 8 nitrogen and oxygen atoms in total. The summed E-state index contributed by atoms with van der Waals surface area (Å²) < 4.78 is 3.82. The molecule has 2 aromatic rings. The Morgan fingerprint density at radius 3 is 2.83 bits per heavy atom. The number of carbonyl (C=O) groups excluding carboxylic acids is 1. The van der Waals surface area contributed by atoms with Gasteiger partial charge in [0, 0.05) is 19.2 Å². The predicted octanol–water partition coefficient (Wildman–Crippen LogP) is 1.97. The Bertz CT molecular complexity index is 645. The molecule has 0 saturated heterocycles. The van der Waals surface area contributed by atoms with E-state index in [1.165, 1.54) is 12.8 Å². The first-order chi connectivity index (χ1) is 11.1. The summed E-state index contributed by atoms with van der Waals surface area (Å²) in [5.74, 6) is 1.44. The molecule has 1 aliphatic rings. The van der Waals surface area contributed by atoms with Crippen molar-refractivity contribution in [2.75, 3.05) is 11.9 Å². The van der Waals surface area contributed by atoms with Gasteiger partial charge in [-0.25, -0.2) is 9.48 Å². The molecule has 0 bridgehead atoms. The van der Waals surface area contributed by atoms with E-state index in [2.05, 4.69) is 32.9 Å². The van der Waals surface area contributed by atoms with Crippen LogP contribution in [0.3, 0.4) is 0 Å². The molecule has 0 spiro atoms. The zero-order valence-electron chi connectivity index (χ0n) is 13.6. The van der Waals surface area contributed by atoms with E-state index in [0.717, 1.165) is 24.5 Å². The Morgan fingerprint density at radius 2 is 2.13 bits per heavy atom. The molecule has 1 fully saturated rings. The van der Waals surface area contributed by atoms with E-state index >= 15 is 0 Å². The summed E-state index contributed by atoms with van der Waals surface area (Å²) in [5.41, 5.74) is 0.917. The Hall–Kier alpha value is -2.38. The summed E-state index contributed by atoms with van der Waals surface area (Å²) in [4.78, 5) is 12.0. The Labute approximate surface area is 135 Å². The van der Waals surface area contributed by atoms with Crippen LogP contribution in [0.2, 0.25) is 0 Å². The molecule has 23 heavy (non-hydrogen) atoms. The quantitative estimate of drug-likeness (QED) is 0.764. The van der Waals surface area contributed by atoms with Gasteiger partial charge in [0.05, 0.1) is 11.7 Å². The first-order valence-electron chi connectivity index (χ1n) is 8.07. The molecule has 2 aromatic heterocycles. The molecule has 2 heterocycles. The van der Waals surface area contributed by atoms with Crippen molar-refractivity contribution in [1.82, 2.24) is 29.9 Å². The van der Waals surface area contributed by atoms with Gasteiger partial charge in [-0.3, -0.25) is 5.32 Å². The van der Waals surface area contributed by atoms with Gasteiger partial charge in [0.1, 0.15) is 18.5 Å². The number of anilines is 1. The maximum absolute atomic E-state index is 12.0. The predicted molar refractivity (Wildman–Crippen MR) is 86.1 cm³/mol. The van der Waals surface area contributed by atoms with E-state index in [0.29, 0.717) is 18.5 Å². The van der Waals surface area contributed by atoms with E-state index in [9.17, 15) is 4.79 Å². The number of hydrogen-bond acceptors (Lipinski definition) is 4. The first kappa shape index (κ1) is 15.5. The maximum Gasteiger partial charge on any atom is 0.320 e. The van der Waals surface area contributed by atoms with Gasteiger partial charge < -0.3 is 9.88 Å². The second-order valence-electron chi connectivity index (χ2n) is 6.13. The van der Waals surface area contributed by atoms with E-state index < -0.39 is 0 Å². The Morgan fingerprint density at radius 1 is 1.39 bits per heavy atom. The number of nitrogens with zero attached hydrogens (tertiary/aromatic N) is 5. The van der Waals surface area contributed by atoms with Crippen LogP contribution in [0, 0.1) is 12.8 Å². The molecule has 8 heteroatoms. The van der Waals surface area contributed by atoms with E-state index in [4.69, 9.17) is 0 Å². The minimum Gasteiger partial charge on any atom is -0.338 e. The molecular formula is C15H23N7O. The largest absolute Gasteiger partial charge is 0.338 e. The van der Waals surface area contributed by atoms with Crippen molar-refractivity contribution in [1.29, 1.82) is 0 Å². The van der Waals surface area contributed by atoms with Crippen LogP contribution in [0.5, 0.6) is 0 Å². The fourth-order valence-corrected chi connectivity index (χ4v) is 2.66. The number of aromatic nitrogens is 5. The molecule has 124 valence electrons. The highest BCUT2D eigenvalue weighted by Crippen LogP contribution is 2.40. The highest BCUT2D eigenvalue weighted by molar-refractivity contribution is 5.88. The van der Waals surface area contributed by atoms with E-state index in [-0.39, 0.29) is 6.03 Å². The third kappa shape index (κ3) is 4.08. The van der Waals surface area contributed by atoms with Crippen LogP contribution in [0.4, 0.5) is 10.6 Å². The van der Waals surface area contributed by atoms with Gasteiger partial charge in [0.15, 0.2) is 0 Å². The molecule has 1 aliphatic carbocycles.